The maximum Gasteiger partial charge on any atom is 0.258 e. The number of pyridine rings is 1. The Morgan fingerprint density at radius 2 is 1.96 bits per heavy atom. The zero-order valence-corrected chi connectivity index (χ0v) is 13.0. The highest BCUT2D eigenvalue weighted by molar-refractivity contribution is 5.82. The molecule has 0 bridgehead atoms. The summed E-state index contributed by atoms with van der Waals surface area (Å²) in [6.07, 6.45) is 1.67. The number of carbonyl (C=O) groups excluding carboxylic acids is 1. The van der Waals surface area contributed by atoms with Gasteiger partial charge in [-0.25, -0.2) is 0 Å². The quantitative estimate of drug-likeness (QED) is 0.870. The molecule has 0 saturated carbocycles. The van der Waals surface area contributed by atoms with Crippen LogP contribution in [0.5, 0.6) is 0 Å². The van der Waals surface area contributed by atoms with Crippen LogP contribution in [0.3, 0.4) is 0 Å². The lowest BCUT2D eigenvalue weighted by molar-refractivity contribution is -0.121. The molecule has 2 aromatic rings. The van der Waals surface area contributed by atoms with Crippen molar-refractivity contribution in [2.24, 2.45) is 0 Å². The van der Waals surface area contributed by atoms with Gasteiger partial charge in [-0.3, -0.25) is 14.5 Å². The fraction of sp³-hybridized carbons (Fsp3) is 0.412. The van der Waals surface area contributed by atoms with Crippen LogP contribution in [0.15, 0.2) is 41.3 Å². The van der Waals surface area contributed by atoms with Gasteiger partial charge in [0.2, 0.25) is 5.91 Å². The molecule has 1 saturated heterocycles. The van der Waals surface area contributed by atoms with Crippen molar-refractivity contribution >= 4 is 16.7 Å². The largest absolute Gasteiger partial charge is 0.379 e. The van der Waals surface area contributed by atoms with Crippen LogP contribution in [0, 0.1) is 0 Å². The molecule has 3 rings (SSSR count). The van der Waals surface area contributed by atoms with E-state index >= 15 is 0 Å². The predicted molar refractivity (Wildman–Crippen MR) is 88.5 cm³/mol. The van der Waals surface area contributed by atoms with Crippen LogP contribution < -0.4 is 10.9 Å². The van der Waals surface area contributed by atoms with Crippen molar-refractivity contribution < 1.29 is 9.53 Å². The van der Waals surface area contributed by atoms with E-state index in [1.807, 2.05) is 24.3 Å². The summed E-state index contributed by atoms with van der Waals surface area (Å²) in [7, 11) is 0. The Labute approximate surface area is 134 Å². The minimum absolute atomic E-state index is 0.0484. The number of rotatable bonds is 5. The van der Waals surface area contributed by atoms with Gasteiger partial charge in [-0.2, -0.15) is 0 Å². The third-order valence-electron chi connectivity index (χ3n) is 4.05. The molecular formula is C17H21N3O3. The number of morpholine rings is 1. The number of ether oxygens (including phenoxy) is 1. The fourth-order valence-corrected chi connectivity index (χ4v) is 2.74. The molecule has 0 aliphatic carbocycles. The van der Waals surface area contributed by atoms with E-state index in [1.54, 1.807) is 12.3 Å². The first-order valence-electron chi connectivity index (χ1n) is 7.89. The smallest absolute Gasteiger partial charge is 0.258 e. The van der Waals surface area contributed by atoms with E-state index in [2.05, 4.69) is 10.2 Å². The summed E-state index contributed by atoms with van der Waals surface area (Å²) in [6.45, 7) is 4.75. The van der Waals surface area contributed by atoms with E-state index in [0.29, 0.717) is 11.9 Å². The standard InChI is InChI=1S/C17H21N3O3/c21-16(18-6-8-19-9-11-23-12-10-19)13-20-7-5-14-3-1-2-4-15(14)17(20)22/h1-5,7H,6,8-13H2,(H,18,21). The number of amides is 1. The zero-order valence-electron chi connectivity index (χ0n) is 13.0. The molecule has 23 heavy (non-hydrogen) atoms. The van der Waals surface area contributed by atoms with Crippen molar-refractivity contribution in [3.05, 3.63) is 46.9 Å². The molecular weight excluding hydrogens is 294 g/mol. The molecule has 1 aliphatic heterocycles. The lowest BCUT2D eigenvalue weighted by Crippen LogP contribution is -2.42. The first kappa shape index (κ1) is 15.7. The third-order valence-corrected chi connectivity index (χ3v) is 4.05. The van der Waals surface area contributed by atoms with E-state index in [9.17, 15) is 9.59 Å². The highest BCUT2D eigenvalue weighted by Crippen LogP contribution is 2.07. The van der Waals surface area contributed by atoms with Crippen LogP contribution in [-0.2, 0) is 16.1 Å². The number of aromatic nitrogens is 1. The van der Waals surface area contributed by atoms with Gasteiger partial charge in [0.25, 0.3) is 5.56 Å². The number of nitrogens with one attached hydrogen (secondary N) is 1. The molecule has 1 aliphatic rings. The van der Waals surface area contributed by atoms with E-state index in [0.717, 1.165) is 38.2 Å². The van der Waals surface area contributed by atoms with Crippen LogP contribution in [0.1, 0.15) is 0 Å². The van der Waals surface area contributed by atoms with Gasteiger partial charge in [-0.05, 0) is 17.5 Å². The molecule has 1 aromatic carbocycles. The Kier molecular flexibility index (Phi) is 5.05. The molecule has 122 valence electrons. The van der Waals surface area contributed by atoms with Crippen molar-refractivity contribution in [1.82, 2.24) is 14.8 Å². The number of benzene rings is 1. The van der Waals surface area contributed by atoms with Gasteiger partial charge in [0.1, 0.15) is 6.54 Å². The Morgan fingerprint density at radius 1 is 1.17 bits per heavy atom. The fourth-order valence-electron chi connectivity index (χ4n) is 2.74. The lowest BCUT2D eigenvalue weighted by Gasteiger charge is -2.26. The second-order valence-corrected chi connectivity index (χ2v) is 5.64. The average molecular weight is 315 g/mol. The zero-order chi connectivity index (χ0) is 16.1. The second kappa shape index (κ2) is 7.39. The predicted octanol–water partition coefficient (Wildman–Crippen LogP) is 0.450. The summed E-state index contributed by atoms with van der Waals surface area (Å²) < 4.78 is 6.74. The molecule has 0 spiro atoms. The van der Waals surface area contributed by atoms with Gasteiger partial charge < -0.3 is 14.6 Å². The van der Waals surface area contributed by atoms with Crippen LogP contribution in [0.2, 0.25) is 0 Å². The van der Waals surface area contributed by atoms with Crippen molar-refractivity contribution in [2.75, 3.05) is 39.4 Å². The molecule has 0 atom stereocenters. The van der Waals surface area contributed by atoms with Crippen molar-refractivity contribution in [3.63, 3.8) is 0 Å². The van der Waals surface area contributed by atoms with E-state index < -0.39 is 0 Å². The minimum atomic E-state index is -0.143. The summed E-state index contributed by atoms with van der Waals surface area (Å²) in [5.74, 6) is -0.143. The Balaban J connectivity index is 1.55. The second-order valence-electron chi connectivity index (χ2n) is 5.64. The average Bonchev–Trinajstić information content (AvgIpc) is 2.59. The number of carbonyl (C=O) groups is 1. The SMILES string of the molecule is O=C(Cn1ccc2ccccc2c1=O)NCCN1CCOCC1. The number of fused-ring (bicyclic) bond motifs is 1. The van der Waals surface area contributed by atoms with Crippen LogP contribution in [0.25, 0.3) is 10.8 Å². The number of nitrogens with zero attached hydrogens (tertiary/aromatic N) is 2. The molecule has 1 N–H and O–H groups in total. The molecule has 1 aromatic heterocycles. The summed E-state index contributed by atoms with van der Waals surface area (Å²) in [5, 5.41) is 4.40. The van der Waals surface area contributed by atoms with Gasteiger partial charge in [0.05, 0.1) is 13.2 Å². The molecule has 0 unspecified atom stereocenters. The molecule has 0 radical (unpaired) electrons. The van der Waals surface area contributed by atoms with Crippen LogP contribution in [-0.4, -0.2) is 54.8 Å². The molecule has 6 heteroatoms. The van der Waals surface area contributed by atoms with Gasteiger partial charge in [-0.1, -0.05) is 18.2 Å². The highest BCUT2D eigenvalue weighted by atomic mass is 16.5. The van der Waals surface area contributed by atoms with E-state index in [1.165, 1.54) is 4.57 Å². The molecule has 2 heterocycles. The maximum absolute atomic E-state index is 12.3. The van der Waals surface area contributed by atoms with Crippen molar-refractivity contribution in [2.45, 2.75) is 6.54 Å². The Bertz CT molecular complexity index is 735. The van der Waals surface area contributed by atoms with Crippen molar-refractivity contribution in [1.29, 1.82) is 0 Å². The molecule has 1 fully saturated rings. The van der Waals surface area contributed by atoms with Crippen LogP contribution >= 0.6 is 0 Å². The lowest BCUT2D eigenvalue weighted by atomic mass is 10.2. The monoisotopic (exact) mass is 315 g/mol. The highest BCUT2D eigenvalue weighted by Gasteiger charge is 2.11. The molecule has 6 nitrogen and oxygen atoms in total. The Morgan fingerprint density at radius 3 is 2.78 bits per heavy atom. The van der Waals surface area contributed by atoms with Crippen molar-refractivity contribution in [3.8, 4) is 0 Å². The van der Waals surface area contributed by atoms with Crippen LogP contribution in [0.4, 0.5) is 0 Å². The normalized spacial score (nSPS) is 15.7. The number of hydrogen-bond donors (Lipinski definition) is 1. The summed E-state index contributed by atoms with van der Waals surface area (Å²) in [6, 6.07) is 9.26. The van der Waals surface area contributed by atoms with Gasteiger partial charge in [0.15, 0.2) is 0 Å². The van der Waals surface area contributed by atoms with E-state index in [4.69, 9.17) is 4.74 Å². The third kappa shape index (κ3) is 3.97. The Hall–Kier alpha value is -2.18. The topological polar surface area (TPSA) is 63.6 Å². The summed E-state index contributed by atoms with van der Waals surface area (Å²) >= 11 is 0. The minimum Gasteiger partial charge on any atom is -0.379 e. The summed E-state index contributed by atoms with van der Waals surface area (Å²) in [4.78, 5) is 26.6. The first-order chi connectivity index (χ1) is 11.2. The summed E-state index contributed by atoms with van der Waals surface area (Å²) in [5.41, 5.74) is -0.133. The first-order valence-corrected chi connectivity index (χ1v) is 7.89. The van der Waals surface area contributed by atoms with Gasteiger partial charge in [-0.15, -0.1) is 0 Å². The maximum atomic E-state index is 12.3. The van der Waals surface area contributed by atoms with E-state index in [-0.39, 0.29) is 18.0 Å². The molecule has 1 amide bonds. The van der Waals surface area contributed by atoms with Gasteiger partial charge >= 0.3 is 0 Å². The van der Waals surface area contributed by atoms with Gasteiger partial charge in [0, 0.05) is 37.8 Å². The number of hydrogen-bond acceptors (Lipinski definition) is 4.